The van der Waals surface area contributed by atoms with Gasteiger partial charge in [0, 0.05) is 11.5 Å². The molecule has 20 heavy (non-hydrogen) atoms. The molecule has 2 atom stereocenters. The summed E-state index contributed by atoms with van der Waals surface area (Å²) in [6, 6.07) is 14.2. The van der Waals surface area contributed by atoms with Gasteiger partial charge in [0.1, 0.15) is 0 Å². The molecule has 4 rings (SSSR count). The average molecular weight is 266 g/mol. The van der Waals surface area contributed by atoms with Crippen LogP contribution in [0.4, 0.5) is 0 Å². The first-order valence-corrected chi connectivity index (χ1v) is 7.49. The Labute approximate surface area is 118 Å². The van der Waals surface area contributed by atoms with Gasteiger partial charge in [-0.3, -0.25) is 4.79 Å². The smallest absolute Gasteiger partial charge is 0.166 e. The van der Waals surface area contributed by atoms with E-state index in [4.69, 9.17) is 4.74 Å². The van der Waals surface area contributed by atoms with Crippen molar-refractivity contribution in [2.24, 2.45) is 5.92 Å². The van der Waals surface area contributed by atoms with Crippen LogP contribution in [0, 0.1) is 5.92 Å². The van der Waals surface area contributed by atoms with Crippen LogP contribution in [0.3, 0.4) is 0 Å². The first-order chi connectivity index (χ1) is 9.81. The second-order valence-corrected chi connectivity index (χ2v) is 6.02. The van der Waals surface area contributed by atoms with Crippen LogP contribution in [0.1, 0.15) is 36.0 Å². The summed E-state index contributed by atoms with van der Waals surface area (Å²) in [5.74, 6) is 0.453. The summed E-state index contributed by atoms with van der Waals surface area (Å²) in [5, 5.41) is 2.23. The number of rotatable bonds is 2. The third kappa shape index (κ3) is 1.95. The summed E-state index contributed by atoms with van der Waals surface area (Å²) in [6.45, 7) is 0. The molecule has 102 valence electrons. The molecule has 0 spiro atoms. The molecular weight excluding hydrogens is 248 g/mol. The molecule has 2 aliphatic rings. The minimum atomic E-state index is 0.145. The molecule has 2 aliphatic heterocycles. The zero-order chi connectivity index (χ0) is 13.5. The van der Waals surface area contributed by atoms with E-state index < -0.39 is 0 Å². The monoisotopic (exact) mass is 266 g/mol. The number of benzene rings is 2. The van der Waals surface area contributed by atoms with Crippen LogP contribution >= 0.6 is 0 Å². The first-order valence-electron chi connectivity index (χ1n) is 7.49. The van der Waals surface area contributed by atoms with Gasteiger partial charge in [0.2, 0.25) is 0 Å². The Kier molecular flexibility index (Phi) is 2.85. The van der Waals surface area contributed by atoms with Crippen molar-refractivity contribution >= 4 is 16.6 Å². The Balaban J connectivity index is 1.70. The summed E-state index contributed by atoms with van der Waals surface area (Å²) in [7, 11) is 0. The lowest BCUT2D eigenvalue weighted by Crippen LogP contribution is -2.30. The minimum absolute atomic E-state index is 0.145. The molecule has 0 aromatic heterocycles. The van der Waals surface area contributed by atoms with Crippen molar-refractivity contribution in [2.45, 2.75) is 37.9 Å². The summed E-state index contributed by atoms with van der Waals surface area (Å²) >= 11 is 0. The first kappa shape index (κ1) is 12.1. The molecule has 2 heteroatoms. The van der Waals surface area contributed by atoms with Gasteiger partial charge in [-0.25, -0.2) is 0 Å². The number of hydrogen-bond donors (Lipinski definition) is 0. The summed E-state index contributed by atoms with van der Waals surface area (Å²) in [4.78, 5) is 12.9. The molecule has 2 heterocycles. The highest BCUT2D eigenvalue weighted by Crippen LogP contribution is 2.38. The van der Waals surface area contributed by atoms with Crippen LogP contribution in [-0.4, -0.2) is 18.0 Å². The highest BCUT2D eigenvalue weighted by atomic mass is 16.5. The molecule has 2 saturated heterocycles. The highest BCUT2D eigenvalue weighted by Gasteiger charge is 2.38. The lowest BCUT2D eigenvalue weighted by atomic mass is 9.86. The Morgan fingerprint density at radius 1 is 0.950 bits per heavy atom. The number of carbonyl (C=O) groups excluding carboxylic acids is 1. The SMILES string of the molecule is O=C(c1cccc2ccccc12)C1CC2CCC(C1)O2. The molecule has 0 radical (unpaired) electrons. The fourth-order valence-electron chi connectivity index (χ4n) is 3.73. The predicted octanol–water partition coefficient (Wildman–Crippen LogP) is 3.98. The molecular formula is C18H18O2. The van der Waals surface area contributed by atoms with Gasteiger partial charge in [-0.1, -0.05) is 42.5 Å². The van der Waals surface area contributed by atoms with Gasteiger partial charge in [-0.15, -0.1) is 0 Å². The molecule has 0 amide bonds. The minimum Gasteiger partial charge on any atom is -0.375 e. The maximum Gasteiger partial charge on any atom is 0.166 e. The third-order valence-corrected chi connectivity index (χ3v) is 4.72. The van der Waals surface area contributed by atoms with Crippen molar-refractivity contribution in [3.05, 3.63) is 48.0 Å². The van der Waals surface area contributed by atoms with Gasteiger partial charge < -0.3 is 4.74 Å². The maximum atomic E-state index is 12.9. The van der Waals surface area contributed by atoms with E-state index in [1.165, 1.54) is 0 Å². The quantitative estimate of drug-likeness (QED) is 0.768. The summed E-state index contributed by atoms with van der Waals surface area (Å²) < 4.78 is 5.85. The third-order valence-electron chi connectivity index (χ3n) is 4.72. The van der Waals surface area contributed by atoms with Gasteiger partial charge in [0.25, 0.3) is 0 Å². The molecule has 0 saturated carbocycles. The zero-order valence-corrected chi connectivity index (χ0v) is 11.4. The molecule has 2 aromatic rings. The van der Waals surface area contributed by atoms with Gasteiger partial charge in [0.05, 0.1) is 12.2 Å². The average Bonchev–Trinajstić information content (AvgIpc) is 2.84. The zero-order valence-electron chi connectivity index (χ0n) is 11.4. The predicted molar refractivity (Wildman–Crippen MR) is 78.9 cm³/mol. The number of Topliss-reactive ketones (excluding diaryl/α,β-unsaturated/α-hetero) is 1. The Bertz CT molecular complexity index is 644. The molecule has 2 fully saturated rings. The van der Waals surface area contributed by atoms with E-state index in [-0.39, 0.29) is 5.92 Å². The number of carbonyl (C=O) groups is 1. The van der Waals surface area contributed by atoms with Crippen molar-refractivity contribution < 1.29 is 9.53 Å². The topological polar surface area (TPSA) is 26.3 Å². The van der Waals surface area contributed by atoms with Crippen molar-refractivity contribution in [3.63, 3.8) is 0 Å². The standard InChI is InChI=1S/C18H18O2/c19-18(13-10-14-8-9-15(11-13)20-14)17-7-3-5-12-4-1-2-6-16(12)17/h1-7,13-15H,8-11H2. The van der Waals surface area contributed by atoms with E-state index in [1.54, 1.807) is 0 Å². The van der Waals surface area contributed by atoms with E-state index in [9.17, 15) is 4.79 Å². The normalized spacial score (nSPS) is 28.7. The van der Waals surface area contributed by atoms with Crippen LogP contribution in [0.5, 0.6) is 0 Å². The Morgan fingerprint density at radius 3 is 2.45 bits per heavy atom. The molecule has 2 bridgehead atoms. The molecule has 2 nitrogen and oxygen atoms in total. The number of ether oxygens (including phenoxy) is 1. The van der Waals surface area contributed by atoms with E-state index in [2.05, 4.69) is 18.2 Å². The number of ketones is 1. The maximum absolute atomic E-state index is 12.9. The number of fused-ring (bicyclic) bond motifs is 3. The van der Waals surface area contributed by atoms with Crippen LogP contribution in [0.15, 0.2) is 42.5 Å². The Hall–Kier alpha value is -1.67. The van der Waals surface area contributed by atoms with Crippen LogP contribution in [0.2, 0.25) is 0 Å². The second-order valence-electron chi connectivity index (χ2n) is 6.02. The van der Waals surface area contributed by atoms with E-state index in [0.29, 0.717) is 18.0 Å². The van der Waals surface area contributed by atoms with Crippen LogP contribution in [0.25, 0.3) is 10.8 Å². The highest BCUT2D eigenvalue weighted by molar-refractivity contribution is 6.09. The number of hydrogen-bond acceptors (Lipinski definition) is 2. The summed E-state index contributed by atoms with van der Waals surface area (Å²) in [6.07, 6.45) is 4.70. The van der Waals surface area contributed by atoms with Crippen molar-refractivity contribution in [1.29, 1.82) is 0 Å². The Morgan fingerprint density at radius 2 is 1.65 bits per heavy atom. The lowest BCUT2D eigenvalue weighted by molar-refractivity contribution is -0.0148. The largest absolute Gasteiger partial charge is 0.375 e. The molecule has 2 unspecified atom stereocenters. The van der Waals surface area contributed by atoms with Gasteiger partial charge >= 0.3 is 0 Å². The lowest BCUT2D eigenvalue weighted by Gasteiger charge is -2.27. The van der Waals surface area contributed by atoms with Crippen LogP contribution < -0.4 is 0 Å². The van der Waals surface area contributed by atoms with Crippen molar-refractivity contribution in [3.8, 4) is 0 Å². The molecule has 0 N–H and O–H groups in total. The van der Waals surface area contributed by atoms with E-state index in [0.717, 1.165) is 42.0 Å². The molecule has 2 aromatic carbocycles. The van der Waals surface area contributed by atoms with Crippen molar-refractivity contribution in [1.82, 2.24) is 0 Å². The van der Waals surface area contributed by atoms with Crippen molar-refractivity contribution in [2.75, 3.05) is 0 Å². The van der Waals surface area contributed by atoms with E-state index in [1.807, 2.05) is 24.3 Å². The fourth-order valence-corrected chi connectivity index (χ4v) is 3.73. The van der Waals surface area contributed by atoms with E-state index >= 15 is 0 Å². The van der Waals surface area contributed by atoms with Crippen LogP contribution in [-0.2, 0) is 4.74 Å². The van der Waals surface area contributed by atoms with Gasteiger partial charge in [-0.05, 0) is 36.5 Å². The molecule has 0 aliphatic carbocycles. The second kappa shape index (κ2) is 4.71. The van der Waals surface area contributed by atoms with Gasteiger partial charge in [0.15, 0.2) is 5.78 Å². The summed E-state index contributed by atoms with van der Waals surface area (Å²) in [5.41, 5.74) is 0.884. The fraction of sp³-hybridized carbons (Fsp3) is 0.389. The van der Waals surface area contributed by atoms with Gasteiger partial charge in [-0.2, -0.15) is 0 Å².